The van der Waals surface area contributed by atoms with Crippen molar-refractivity contribution in [2.24, 2.45) is 0 Å². The Bertz CT molecular complexity index is 727. The molecular formula is C15H20FN7OS. The number of ether oxygens (including phenoxy) is 1. The molecule has 1 saturated heterocycles. The van der Waals surface area contributed by atoms with Crippen LogP contribution in [0.4, 0.5) is 27.9 Å². The van der Waals surface area contributed by atoms with Crippen molar-refractivity contribution in [2.75, 3.05) is 54.7 Å². The molecule has 134 valence electrons. The average Bonchev–Trinajstić information content (AvgIpc) is 2.61. The first-order valence-electron chi connectivity index (χ1n) is 7.80. The number of thioether (sulfide) groups is 1. The topological polar surface area (TPSA) is 101 Å². The van der Waals surface area contributed by atoms with Gasteiger partial charge >= 0.3 is 0 Å². The molecule has 3 rings (SSSR count). The van der Waals surface area contributed by atoms with Gasteiger partial charge in [-0.25, -0.2) is 4.39 Å². The molecular weight excluding hydrogens is 345 g/mol. The van der Waals surface area contributed by atoms with Gasteiger partial charge in [0.05, 0.1) is 13.8 Å². The Hall–Kier alpha value is -2.33. The van der Waals surface area contributed by atoms with E-state index in [1.807, 2.05) is 11.8 Å². The summed E-state index contributed by atoms with van der Waals surface area (Å²) in [5, 5.41) is 6.07. The molecule has 10 heteroatoms. The standard InChI is InChI=1S/C15H20FN7OS/c1-24-12-3-2-10(8-11(12)16)19-15-21-13(17)20-14(22-15)18-9-23-4-6-25-7-5-23/h2-3,8H,4-7,9H2,1H3,(H4,17,18,19,20,21,22). The van der Waals surface area contributed by atoms with Crippen molar-refractivity contribution in [1.82, 2.24) is 19.9 Å². The van der Waals surface area contributed by atoms with Crippen LogP contribution in [0, 0.1) is 5.82 Å². The summed E-state index contributed by atoms with van der Waals surface area (Å²) < 4.78 is 18.7. The van der Waals surface area contributed by atoms with E-state index in [-0.39, 0.29) is 17.6 Å². The second-order valence-electron chi connectivity index (χ2n) is 5.38. The SMILES string of the molecule is COc1ccc(Nc2nc(N)nc(NCN3CCSCC3)n2)cc1F. The number of nitrogens with two attached hydrogens (primary N) is 1. The minimum atomic E-state index is -0.476. The van der Waals surface area contributed by atoms with E-state index in [1.165, 1.54) is 19.2 Å². The zero-order valence-corrected chi connectivity index (χ0v) is 14.6. The predicted octanol–water partition coefficient (Wildman–Crippen LogP) is 1.76. The first kappa shape index (κ1) is 17.5. The van der Waals surface area contributed by atoms with Crippen LogP contribution in [0.3, 0.4) is 0 Å². The molecule has 25 heavy (non-hydrogen) atoms. The van der Waals surface area contributed by atoms with Crippen LogP contribution in [0.2, 0.25) is 0 Å². The molecule has 0 saturated carbocycles. The molecule has 4 N–H and O–H groups in total. The zero-order valence-electron chi connectivity index (χ0n) is 13.8. The number of nitrogen functional groups attached to an aromatic ring is 1. The third-order valence-electron chi connectivity index (χ3n) is 3.63. The van der Waals surface area contributed by atoms with E-state index in [0.29, 0.717) is 18.3 Å². The van der Waals surface area contributed by atoms with Crippen molar-refractivity contribution in [2.45, 2.75) is 0 Å². The summed E-state index contributed by atoms with van der Waals surface area (Å²) in [7, 11) is 1.41. The van der Waals surface area contributed by atoms with E-state index in [9.17, 15) is 4.39 Å². The van der Waals surface area contributed by atoms with Crippen molar-refractivity contribution in [3.63, 3.8) is 0 Å². The Labute approximate surface area is 149 Å². The van der Waals surface area contributed by atoms with E-state index in [1.54, 1.807) is 6.07 Å². The fraction of sp³-hybridized carbons (Fsp3) is 0.400. The fourth-order valence-corrected chi connectivity index (χ4v) is 3.32. The number of benzene rings is 1. The van der Waals surface area contributed by atoms with E-state index < -0.39 is 5.82 Å². The molecule has 0 aliphatic carbocycles. The largest absolute Gasteiger partial charge is 0.494 e. The lowest BCUT2D eigenvalue weighted by molar-refractivity contribution is 0.324. The number of anilines is 4. The predicted molar refractivity (Wildman–Crippen MR) is 97.9 cm³/mol. The molecule has 1 aliphatic rings. The number of hydrogen-bond acceptors (Lipinski definition) is 9. The lowest BCUT2D eigenvalue weighted by atomic mass is 10.3. The highest BCUT2D eigenvalue weighted by Crippen LogP contribution is 2.22. The van der Waals surface area contributed by atoms with Crippen molar-refractivity contribution in [3.05, 3.63) is 24.0 Å². The third kappa shape index (κ3) is 4.83. The molecule has 2 aromatic rings. The van der Waals surface area contributed by atoms with E-state index in [2.05, 4.69) is 30.5 Å². The normalized spacial score (nSPS) is 15.0. The van der Waals surface area contributed by atoms with Gasteiger partial charge in [-0.15, -0.1) is 0 Å². The number of methoxy groups -OCH3 is 1. The summed E-state index contributed by atoms with van der Waals surface area (Å²) in [6.07, 6.45) is 0. The number of nitrogens with one attached hydrogen (secondary N) is 2. The maximum atomic E-state index is 13.8. The Morgan fingerprint density at radius 2 is 2.00 bits per heavy atom. The van der Waals surface area contributed by atoms with Gasteiger partial charge in [0.1, 0.15) is 0 Å². The van der Waals surface area contributed by atoms with Crippen LogP contribution in [-0.4, -0.2) is 58.2 Å². The van der Waals surface area contributed by atoms with Crippen LogP contribution >= 0.6 is 11.8 Å². The summed E-state index contributed by atoms with van der Waals surface area (Å²) in [5.41, 5.74) is 6.23. The fourth-order valence-electron chi connectivity index (χ4n) is 2.34. The first-order chi connectivity index (χ1) is 12.1. The van der Waals surface area contributed by atoms with E-state index in [0.717, 1.165) is 24.6 Å². The summed E-state index contributed by atoms with van der Waals surface area (Å²) >= 11 is 1.95. The Morgan fingerprint density at radius 3 is 2.72 bits per heavy atom. The third-order valence-corrected chi connectivity index (χ3v) is 4.57. The quantitative estimate of drug-likeness (QED) is 0.707. The van der Waals surface area contributed by atoms with Gasteiger partial charge in [0.15, 0.2) is 11.6 Å². The Kier molecular flexibility index (Phi) is 5.71. The molecule has 0 bridgehead atoms. The maximum absolute atomic E-state index is 13.8. The first-order valence-corrected chi connectivity index (χ1v) is 8.95. The number of aromatic nitrogens is 3. The van der Waals surface area contributed by atoms with Gasteiger partial charge in [-0.2, -0.15) is 26.7 Å². The molecule has 0 radical (unpaired) electrons. The second kappa shape index (κ2) is 8.17. The maximum Gasteiger partial charge on any atom is 0.233 e. The van der Waals surface area contributed by atoms with Crippen molar-refractivity contribution >= 4 is 35.3 Å². The molecule has 0 atom stereocenters. The highest BCUT2D eigenvalue weighted by molar-refractivity contribution is 7.99. The van der Waals surface area contributed by atoms with Crippen molar-refractivity contribution in [3.8, 4) is 5.75 Å². The van der Waals surface area contributed by atoms with Gasteiger partial charge in [-0.1, -0.05) is 0 Å². The van der Waals surface area contributed by atoms with Gasteiger partial charge in [0, 0.05) is 36.3 Å². The van der Waals surface area contributed by atoms with Gasteiger partial charge in [0.25, 0.3) is 0 Å². The van der Waals surface area contributed by atoms with Crippen molar-refractivity contribution in [1.29, 1.82) is 0 Å². The number of halogens is 1. The van der Waals surface area contributed by atoms with Gasteiger partial charge in [0.2, 0.25) is 17.8 Å². The average molecular weight is 365 g/mol. The Balaban J connectivity index is 1.67. The molecule has 0 unspecified atom stereocenters. The van der Waals surface area contributed by atoms with Crippen LogP contribution in [-0.2, 0) is 0 Å². The molecule has 8 nitrogen and oxygen atoms in total. The van der Waals surface area contributed by atoms with E-state index in [4.69, 9.17) is 10.5 Å². The van der Waals surface area contributed by atoms with Gasteiger partial charge < -0.3 is 21.1 Å². The minimum Gasteiger partial charge on any atom is -0.494 e. The summed E-state index contributed by atoms with van der Waals surface area (Å²) in [4.78, 5) is 14.7. The minimum absolute atomic E-state index is 0.0863. The molecule has 1 aliphatic heterocycles. The smallest absolute Gasteiger partial charge is 0.233 e. The number of nitrogens with zero attached hydrogens (tertiary/aromatic N) is 4. The molecule has 2 heterocycles. The second-order valence-corrected chi connectivity index (χ2v) is 6.61. The van der Waals surface area contributed by atoms with Crippen LogP contribution in [0.15, 0.2) is 18.2 Å². The number of rotatable bonds is 6. The molecule has 0 amide bonds. The van der Waals surface area contributed by atoms with Gasteiger partial charge in [-0.05, 0) is 12.1 Å². The lowest BCUT2D eigenvalue weighted by Crippen LogP contribution is -2.36. The van der Waals surface area contributed by atoms with Crippen molar-refractivity contribution < 1.29 is 9.13 Å². The Morgan fingerprint density at radius 1 is 1.24 bits per heavy atom. The van der Waals surface area contributed by atoms with Crippen LogP contribution in [0.1, 0.15) is 0 Å². The van der Waals surface area contributed by atoms with Gasteiger partial charge in [-0.3, -0.25) is 4.90 Å². The molecule has 1 aromatic carbocycles. The summed E-state index contributed by atoms with van der Waals surface area (Å²) in [5.74, 6) is 2.64. The van der Waals surface area contributed by atoms with Crippen LogP contribution in [0.5, 0.6) is 5.75 Å². The lowest BCUT2D eigenvalue weighted by Gasteiger charge is -2.26. The monoisotopic (exact) mass is 365 g/mol. The highest BCUT2D eigenvalue weighted by atomic mass is 32.2. The molecule has 1 aromatic heterocycles. The molecule has 0 spiro atoms. The van der Waals surface area contributed by atoms with Crippen LogP contribution in [0.25, 0.3) is 0 Å². The zero-order chi connectivity index (χ0) is 17.6. The summed E-state index contributed by atoms with van der Waals surface area (Å²) in [6.45, 7) is 2.68. The molecule has 1 fully saturated rings. The summed E-state index contributed by atoms with van der Waals surface area (Å²) in [6, 6.07) is 4.49. The highest BCUT2D eigenvalue weighted by Gasteiger charge is 2.11. The van der Waals surface area contributed by atoms with Crippen LogP contribution < -0.4 is 21.1 Å². The number of hydrogen-bond donors (Lipinski definition) is 3. The van der Waals surface area contributed by atoms with E-state index >= 15 is 0 Å².